The fourth-order valence-corrected chi connectivity index (χ4v) is 15.7. The van der Waals surface area contributed by atoms with Gasteiger partial charge in [-0.05, 0) is 200 Å². The molecule has 0 atom stereocenters. The van der Waals surface area contributed by atoms with E-state index in [2.05, 4.69) is 349 Å². The normalized spacial score (nSPS) is 13.8. The highest BCUT2D eigenvalue weighted by Gasteiger charge is 2.46. The van der Waals surface area contributed by atoms with E-state index in [1.54, 1.807) is 0 Å². The Morgan fingerprint density at radius 1 is 0.317 bits per heavy atom. The summed E-state index contributed by atoms with van der Waals surface area (Å²) >= 11 is 0. The topological polar surface area (TPSA) is 35.2 Å². The van der Waals surface area contributed by atoms with E-state index in [4.69, 9.17) is 4.11 Å². The lowest BCUT2D eigenvalue weighted by atomic mass is 9.33. The summed E-state index contributed by atoms with van der Waals surface area (Å²) in [5.41, 5.74) is 27.3. The molecule has 0 saturated heterocycles. The molecule has 3 heterocycles. The van der Waals surface area contributed by atoms with Crippen molar-refractivity contribution in [2.75, 3.05) is 9.80 Å². The molecule has 13 aromatic carbocycles. The van der Waals surface area contributed by atoms with E-state index >= 15 is 0 Å². The van der Waals surface area contributed by atoms with Crippen LogP contribution in [0.15, 0.2) is 279 Å². The Hall–Kier alpha value is -11.2. The maximum Gasteiger partial charge on any atom is 0.252 e. The van der Waals surface area contributed by atoms with Crippen LogP contribution in [-0.2, 0) is 27.1 Å². The molecule has 0 fully saturated rings. The minimum absolute atomic E-state index is 0.0882. The van der Waals surface area contributed by atoms with Crippen LogP contribution in [0.1, 0.15) is 144 Å². The third-order valence-corrected chi connectivity index (χ3v) is 21.6. The van der Waals surface area contributed by atoms with Gasteiger partial charge in [-0.2, -0.15) is 5.26 Å². The number of nitrogens with zero attached hydrogens (tertiary/aromatic N) is 4. The average molecular weight is 1350 g/mol. The molecule has 0 bridgehead atoms. The minimum atomic E-state index is -0.498. The van der Waals surface area contributed by atoms with Crippen molar-refractivity contribution in [1.29, 1.82) is 5.26 Å². The van der Waals surface area contributed by atoms with E-state index in [1.165, 1.54) is 27.8 Å². The molecule has 0 amide bonds. The zero-order valence-electron chi connectivity index (χ0n) is 67.5. The van der Waals surface area contributed by atoms with Gasteiger partial charge >= 0.3 is 0 Å². The Labute approximate surface area is 623 Å². The standard InChI is InChI=1S/C99H91BN4/c1-95(2,3)74-49-71(50-75(57-74)96(4,5)6)68-44-47-85-90(54-68)104(94-82(65-34-23-18-24-35-65)59-78(99(13,14)15)60-83(94)69-37-29-36-66(48-69)63-30-19-16-20-31-63)92-56-73(72-51-76(97(7,8)9)58-77(52-72)98(10,11)12)55-91-93(92)100(85)84-46-43-67(64-32-21-17-22-33-64)53-89(84)103(91)88-61-79(45-42-70(88)62-101)102-86-40-27-25-38-80(86)81-39-26-28-41-87(81)102/h16-61H,1-15H3/i17D,21D,22D,32D,33D. The van der Waals surface area contributed by atoms with Gasteiger partial charge in [0.25, 0.3) is 6.71 Å². The predicted octanol–water partition coefficient (Wildman–Crippen LogP) is 25.2. The average Bonchev–Trinajstić information content (AvgIpc) is 1.17. The highest BCUT2D eigenvalue weighted by atomic mass is 15.2. The molecule has 2 aliphatic rings. The van der Waals surface area contributed by atoms with E-state index in [0.29, 0.717) is 22.5 Å². The Morgan fingerprint density at radius 2 is 0.731 bits per heavy atom. The molecular weight excluding hydrogens is 1260 g/mol. The fraction of sp³-hybridized carbons (Fsp3) is 0.202. The van der Waals surface area contributed by atoms with Crippen molar-refractivity contribution < 1.29 is 6.85 Å². The molecule has 0 radical (unpaired) electrons. The monoisotopic (exact) mass is 1350 g/mol. The van der Waals surface area contributed by atoms with Gasteiger partial charge in [0.15, 0.2) is 0 Å². The number of aromatic nitrogens is 1. The highest BCUT2D eigenvalue weighted by molar-refractivity contribution is 7.00. The van der Waals surface area contributed by atoms with Crippen LogP contribution in [0.25, 0.3) is 94.3 Å². The summed E-state index contributed by atoms with van der Waals surface area (Å²) in [6, 6.07) is 91.8. The molecule has 4 nitrogen and oxygen atoms in total. The molecular formula is C99H91BN4. The quantitative estimate of drug-likeness (QED) is 0.135. The fourth-order valence-electron chi connectivity index (χ4n) is 15.7. The highest BCUT2D eigenvalue weighted by Crippen LogP contribution is 2.54. The lowest BCUT2D eigenvalue weighted by Gasteiger charge is -2.46. The zero-order chi connectivity index (χ0) is 76.9. The van der Waals surface area contributed by atoms with Gasteiger partial charge in [0.1, 0.15) is 6.07 Å². The van der Waals surface area contributed by atoms with Crippen LogP contribution in [0.4, 0.5) is 34.1 Å². The number of fused-ring (bicyclic) bond motifs is 7. The van der Waals surface area contributed by atoms with Crippen LogP contribution in [0.5, 0.6) is 0 Å². The number of benzene rings is 13. The minimum Gasteiger partial charge on any atom is -0.310 e. The zero-order valence-corrected chi connectivity index (χ0v) is 62.5. The largest absolute Gasteiger partial charge is 0.310 e. The summed E-state index contributed by atoms with van der Waals surface area (Å²) < 4.78 is 48.6. The summed E-state index contributed by atoms with van der Waals surface area (Å²) in [6.07, 6.45) is 0. The van der Waals surface area contributed by atoms with Crippen molar-refractivity contribution in [1.82, 2.24) is 4.57 Å². The first-order valence-corrected chi connectivity index (χ1v) is 36.6. The van der Waals surface area contributed by atoms with Gasteiger partial charge in [0.2, 0.25) is 0 Å². The first-order valence-electron chi connectivity index (χ1n) is 39.1. The molecule has 16 rings (SSSR count). The van der Waals surface area contributed by atoms with E-state index in [0.717, 1.165) is 122 Å². The first-order chi connectivity index (χ1) is 51.7. The molecule has 2 aliphatic heterocycles. The van der Waals surface area contributed by atoms with Crippen molar-refractivity contribution >= 4 is 79.0 Å². The molecule has 14 aromatic rings. The summed E-state index contributed by atoms with van der Waals surface area (Å²) in [5.74, 6) is 0. The van der Waals surface area contributed by atoms with E-state index in [1.807, 2.05) is 24.3 Å². The number of para-hydroxylation sites is 2. The maximum absolute atomic E-state index is 12.0. The summed E-state index contributed by atoms with van der Waals surface area (Å²) in [4.78, 5) is 4.88. The molecule has 0 saturated carbocycles. The van der Waals surface area contributed by atoms with Gasteiger partial charge in [-0.3, -0.25) is 0 Å². The van der Waals surface area contributed by atoms with Crippen molar-refractivity contribution in [2.45, 2.75) is 131 Å². The van der Waals surface area contributed by atoms with Gasteiger partial charge < -0.3 is 14.4 Å². The smallest absolute Gasteiger partial charge is 0.252 e. The molecule has 104 heavy (non-hydrogen) atoms. The van der Waals surface area contributed by atoms with E-state index in [-0.39, 0.29) is 44.7 Å². The van der Waals surface area contributed by atoms with Crippen molar-refractivity contribution in [2.24, 2.45) is 0 Å². The van der Waals surface area contributed by atoms with E-state index in [9.17, 15) is 8.00 Å². The maximum atomic E-state index is 12.0. The third-order valence-electron chi connectivity index (χ3n) is 21.6. The number of hydrogen-bond donors (Lipinski definition) is 0. The summed E-state index contributed by atoms with van der Waals surface area (Å²) in [6.45, 7) is 34.0. The second-order valence-corrected chi connectivity index (χ2v) is 33.8. The molecule has 5 heteroatoms. The second-order valence-electron chi connectivity index (χ2n) is 33.8. The molecule has 0 N–H and O–H groups in total. The lowest BCUT2D eigenvalue weighted by Crippen LogP contribution is -2.61. The molecule has 1 aromatic heterocycles. The molecule has 0 spiro atoms. The van der Waals surface area contributed by atoms with E-state index < -0.39 is 24.8 Å². The van der Waals surface area contributed by atoms with Gasteiger partial charge in [-0.25, -0.2) is 0 Å². The van der Waals surface area contributed by atoms with Gasteiger partial charge in [-0.1, -0.05) is 310 Å². The van der Waals surface area contributed by atoms with Crippen LogP contribution in [-0.4, -0.2) is 11.3 Å². The van der Waals surface area contributed by atoms with Gasteiger partial charge in [-0.15, -0.1) is 0 Å². The van der Waals surface area contributed by atoms with Crippen molar-refractivity contribution in [3.8, 4) is 78.5 Å². The Kier molecular flexibility index (Phi) is 14.8. The van der Waals surface area contributed by atoms with Crippen LogP contribution < -0.4 is 26.2 Å². The second kappa shape index (κ2) is 25.1. The molecule has 0 aliphatic carbocycles. The van der Waals surface area contributed by atoms with Crippen molar-refractivity contribution in [3.63, 3.8) is 0 Å². The third kappa shape index (κ3) is 11.9. The SMILES string of the molecule is [2H]c1c([2H])c([2H])c(-c2ccc3c(c2)N(c2cc(-n4c5ccccc5c5ccccc54)ccc2C#N)c2cc(-c4cc(C(C)(C)C)cc(C(C)(C)C)c4)cc4c2B3c2ccc(-c3cc(C(C)(C)C)cc(C(C)(C)C)c3)cc2N4c2c(-c3ccccc3)cc(C(C)(C)C)cc2-c2cccc(-c3ccccc3)c2)c([2H])c1[2H]. The number of rotatable bonds is 9. The summed E-state index contributed by atoms with van der Waals surface area (Å²) in [7, 11) is 0. The van der Waals surface area contributed by atoms with Crippen LogP contribution in [0.3, 0.4) is 0 Å². The lowest BCUT2D eigenvalue weighted by molar-refractivity contribution is 0.568. The molecule has 510 valence electrons. The number of anilines is 6. The van der Waals surface area contributed by atoms with Gasteiger partial charge in [0.05, 0.1) is 34.8 Å². The van der Waals surface area contributed by atoms with Crippen LogP contribution in [0.2, 0.25) is 0 Å². The van der Waals surface area contributed by atoms with Crippen molar-refractivity contribution in [3.05, 3.63) is 312 Å². The summed E-state index contributed by atoms with van der Waals surface area (Å²) in [5, 5.41) is 14.2. The Bertz CT molecular complexity index is 5960. The Balaban J connectivity index is 1.12. The first kappa shape index (κ1) is 61.5. The van der Waals surface area contributed by atoms with Crippen LogP contribution >= 0.6 is 0 Å². The number of hydrogen-bond acceptors (Lipinski definition) is 3. The molecule has 0 unspecified atom stereocenters. The Morgan fingerprint density at radius 3 is 1.26 bits per heavy atom. The predicted molar refractivity (Wildman–Crippen MR) is 446 cm³/mol. The van der Waals surface area contributed by atoms with Gasteiger partial charge in [0, 0.05) is 50.3 Å². The van der Waals surface area contributed by atoms with Crippen LogP contribution in [0, 0.1) is 11.3 Å². The number of nitriles is 1.